The van der Waals surface area contributed by atoms with Crippen molar-refractivity contribution in [2.24, 2.45) is 35.5 Å². The number of imide groups is 1. The van der Waals surface area contributed by atoms with E-state index >= 15 is 0 Å². The molecule has 7 atom stereocenters. The van der Waals surface area contributed by atoms with Crippen molar-refractivity contribution in [1.82, 2.24) is 4.90 Å². The number of carbonyl (C=O) groups is 4. The van der Waals surface area contributed by atoms with Crippen LogP contribution >= 0.6 is 0 Å². The first kappa shape index (κ1) is 19.6. The molecule has 0 unspecified atom stereocenters. The summed E-state index contributed by atoms with van der Waals surface area (Å²) >= 11 is 0. The molecule has 31 heavy (non-hydrogen) atoms. The molecule has 2 amide bonds. The number of esters is 1. The summed E-state index contributed by atoms with van der Waals surface area (Å²) < 4.78 is 5.08. The van der Waals surface area contributed by atoms with Crippen molar-refractivity contribution in [2.75, 3.05) is 6.61 Å². The predicted molar refractivity (Wildman–Crippen MR) is 104 cm³/mol. The van der Waals surface area contributed by atoms with E-state index in [0.717, 1.165) is 11.3 Å². The van der Waals surface area contributed by atoms with Gasteiger partial charge >= 0.3 is 5.97 Å². The monoisotopic (exact) mass is 424 g/mol. The van der Waals surface area contributed by atoms with Crippen LogP contribution in [0.5, 0.6) is 0 Å². The predicted octanol–water partition coefficient (Wildman–Crippen LogP) is 1.76. The zero-order valence-corrected chi connectivity index (χ0v) is 16.7. The van der Waals surface area contributed by atoms with E-state index in [0.29, 0.717) is 11.8 Å². The van der Waals surface area contributed by atoms with Gasteiger partial charge in [-0.3, -0.25) is 29.4 Å². The second kappa shape index (κ2) is 6.83. The summed E-state index contributed by atoms with van der Waals surface area (Å²) in [6.07, 6.45) is 5.17. The molecule has 1 saturated heterocycles. The van der Waals surface area contributed by atoms with Gasteiger partial charge in [-0.25, -0.2) is 4.79 Å². The van der Waals surface area contributed by atoms with Crippen molar-refractivity contribution in [1.29, 1.82) is 0 Å². The summed E-state index contributed by atoms with van der Waals surface area (Å²) in [5.41, 5.74) is 0.00283. The topological polar surface area (TPSA) is 124 Å². The molecule has 0 aromatic heterocycles. The van der Waals surface area contributed by atoms with Crippen LogP contribution in [0.4, 0.5) is 5.69 Å². The first-order valence-corrected chi connectivity index (χ1v) is 10.3. The fourth-order valence-corrected chi connectivity index (χ4v) is 5.58. The number of nitrogens with zero attached hydrogens (tertiary/aromatic N) is 2. The highest BCUT2D eigenvalue weighted by Crippen LogP contribution is 2.65. The SMILES string of the molecule is C[C@H](C(=O)OCC(=O)c1ccc([N+](=O)[O-])cc1)N1C(=O)[C@@H]2[C@H]3C=C[C@@H]([C@@H]4C[C@@H]34)[C@@H]2C1=O. The summed E-state index contributed by atoms with van der Waals surface area (Å²) in [6, 6.07) is 3.82. The van der Waals surface area contributed by atoms with Crippen LogP contribution < -0.4 is 0 Å². The van der Waals surface area contributed by atoms with E-state index in [4.69, 9.17) is 4.74 Å². The Kier molecular flexibility index (Phi) is 4.32. The van der Waals surface area contributed by atoms with Crippen LogP contribution in [-0.2, 0) is 19.1 Å². The largest absolute Gasteiger partial charge is 0.456 e. The second-order valence-corrected chi connectivity index (χ2v) is 8.71. The van der Waals surface area contributed by atoms with Crippen molar-refractivity contribution < 1.29 is 28.8 Å². The fraction of sp³-hybridized carbons (Fsp3) is 0.455. The van der Waals surface area contributed by atoms with Crippen molar-refractivity contribution in [3.63, 3.8) is 0 Å². The molecule has 1 aromatic carbocycles. The standard InChI is InChI=1S/C22H20N2O7/c1-10(22(28)31-9-17(25)11-2-4-12(5-3-11)24(29)30)23-20(26)18-13-6-7-14(16-8-15(13)16)19(18)21(23)27/h2-7,10,13-16,18-19H,8-9H2,1H3/t10-,13+,14+,15+,16+,18-,19+/m1/s1. The van der Waals surface area contributed by atoms with Gasteiger partial charge in [0.25, 0.3) is 5.69 Å². The van der Waals surface area contributed by atoms with E-state index in [1.165, 1.54) is 31.2 Å². The highest BCUT2D eigenvalue weighted by molar-refractivity contribution is 6.09. The van der Waals surface area contributed by atoms with Gasteiger partial charge in [0.2, 0.25) is 11.8 Å². The number of amides is 2. The van der Waals surface area contributed by atoms with E-state index < -0.39 is 41.2 Å². The minimum Gasteiger partial charge on any atom is -0.456 e. The number of non-ortho nitro benzene ring substituents is 1. The van der Waals surface area contributed by atoms with Crippen LogP contribution in [-0.4, -0.2) is 46.0 Å². The molecule has 6 rings (SSSR count). The zero-order valence-electron chi connectivity index (χ0n) is 16.7. The van der Waals surface area contributed by atoms with Gasteiger partial charge in [0.1, 0.15) is 6.04 Å². The molecule has 2 saturated carbocycles. The molecular formula is C22H20N2O7. The Morgan fingerprint density at radius 3 is 2.16 bits per heavy atom. The number of benzene rings is 1. The molecule has 160 valence electrons. The Balaban J connectivity index is 1.23. The Bertz CT molecular complexity index is 1010. The molecule has 9 heteroatoms. The number of Topliss-reactive ketones (excluding diaryl/α,β-unsaturated/α-hetero) is 1. The van der Waals surface area contributed by atoms with Crippen LogP contribution in [0.2, 0.25) is 0 Å². The van der Waals surface area contributed by atoms with Crippen LogP contribution in [0.1, 0.15) is 23.7 Å². The number of hydrogen-bond acceptors (Lipinski definition) is 7. The second-order valence-electron chi connectivity index (χ2n) is 8.71. The van der Waals surface area contributed by atoms with Crippen LogP contribution in [0.15, 0.2) is 36.4 Å². The van der Waals surface area contributed by atoms with Gasteiger partial charge in [-0.2, -0.15) is 0 Å². The Hall–Kier alpha value is -3.36. The lowest BCUT2D eigenvalue weighted by molar-refractivity contribution is -0.384. The highest BCUT2D eigenvalue weighted by Gasteiger charge is 2.67. The first-order valence-electron chi connectivity index (χ1n) is 10.3. The summed E-state index contributed by atoms with van der Waals surface area (Å²) in [5, 5.41) is 10.7. The Morgan fingerprint density at radius 2 is 1.65 bits per heavy atom. The number of ether oxygens (including phenoxy) is 1. The average Bonchev–Trinajstić information content (AvgIpc) is 3.55. The van der Waals surface area contributed by atoms with Crippen molar-refractivity contribution in [3.8, 4) is 0 Å². The van der Waals surface area contributed by atoms with Gasteiger partial charge < -0.3 is 4.74 Å². The summed E-state index contributed by atoms with van der Waals surface area (Å²) in [4.78, 5) is 62.0. The third-order valence-corrected chi connectivity index (χ3v) is 7.17. The molecule has 0 spiro atoms. The van der Waals surface area contributed by atoms with Crippen LogP contribution in [0, 0.1) is 45.6 Å². The maximum absolute atomic E-state index is 13.0. The van der Waals surface area contributed by atoms with Gasteiger partial charge in [0, 0.05) is 17.7 Å². The molecule has 4 aliphatic carbocycles. The third-order valence-electron chi connectivity index (χ3n) is 7.17. The number of carbonyl (C=O) groups excluding carboxylic acids is 4. The molecule has 3 fully saturated rings. The van der Waals surface area contributed by atoms with Crippen molar-refractivity contribution in [3.05, 3.63) is 52.1 Å². The summed E-state index contributed by atoms with van der Waals surface area (Å²) in [6.45, 7) is 0.850. The number of hydrogen-bond donors (Lipinski definition) is 0. The minimum atomic E-state index is -1.12. The van der Waals surface area contributed by atoms with Crippen molar-refractivity contribution in [2.45, 2.75) is 19.4 Å². The van der Waals surface area contributed by atoms with Gasteiger partial charge in [0.15, 0.2) is 12.4 Å². The van der Waals surface area contributed by atoms with Crippen molar-refractivity contribution >= 4 is 29.3 Å². The number of ketones is 1. The number of likely N-dealkylation sites (tertiary alicyclic amines) is 1. The maximum atomic E-state index is 13.0. The average molecular weight is 424 g/mol. The maximum Gasteiger partial charge on any atom is 0.329 e. The summed E-state index contributed by atoms with van der Waals surface area (Å²) in [7, 11) is 0. The lowest BCUT2D eigenvalue weighted by Gasteiger charge is -2.37. The third kappa shape index (κ3) is 2.90. The highest BCUT2D eigenvalue weighted by atomic mass is 16.6. The van der Waals surface area contributed by atoms with E-state index in [1.807, 2.05) is 0 Å². The molecule has 0 radical (unpaired) electrons. The van der Waals surface area contributed by atoms with E-state index in [2.05, 4.69) is 12.2 Å². The molecule has 1 aliphatic heterocycles. The molecule has 9 nitrogen and oxygen atoms in total. The number of rotatable bonds is 6. The van der Waals surface area contributed by atoms with Crippen LogP contribution in [0.3, 0.4) is 0 Å². The molecule has 5 aliphatic rings. The smallest absolute Gasteiger partial charge is 0.329 e. The fourth-order valence-electron chi connectivity index (χ4n) is 5.58. The molecular weight excluding hydrogens is 404 g/mol. The van der Waals surface area contributed by atoms with Gasteiger partial charge in [-0.1, -0.05) is 12.2 Å². The minimum absolute atomic E-state index is 0.0633. The zero-order chi connectivity index (χ0) is 22.0. The van der Waals surface area contributed by atoms with Gasteiger partial charge in [0.05, 0.1) is 16.8 Å². The van der Waals surface area contributed by atoms with Crippen LogP contribution in [0.25, 0.3) is 0 Å². The number of allylic oxidation sites excluding steroid dienone is 2. The first-order chi connectivity index (χ1) is 14.8. The molecule has 1 heterocycles. The summed E-state index contributed by atoms with van der Waals surface area (Å²) in [5.74, 6) is -1.76. The van der Waals surface area contributed by atoms with Gasteiger partial charge in [-0.15, -0.1) is 0 Å². The number of nitro benzene ring substituents is 1. The van der Waals surface area contributed by atoms with E-state index in [-0.39, 0.29) is 34.9 Å². The Labute approximate surface area is 177 Å². The molecule has 0 N–H and O–H groups in total. The van der Waals surface area contributed by atoms with Gasteiger partial charge in [-0.05, 0) is 49.1 Å². The quantitative estimate of drug-likeness (QED) is 0.170. The van der Waals surface area contributed by atoms with E-state index in [1.54, 1.807) is 0 Å². The molecule has 2 bridgehead atoms. The number of nitro groups is 1. The lowest BCUT2D eigenvalue weighted by atomic mass is 9.63. The molecule has 1 aromatic rings. The van der Waals surface area contributed by atoms with E-state index in [9.17, 15) is 29.3 Å². The Morgan fingerprint density at radius 1 is 1.10 bits per heavy atom. The normalized spacial score (nSPS) is 33.0. The lowest BCUT2D eigenvalue weighted by Crippen LogP contribution is -2.45.